The SMILES string of the molecule is CC(C)CCNCCN(C)CCS(C)(=O)=O. The Hall–Kier alpha value is -0.130. The van der Waals surface area contributed by atoms with Crippen molar-refractivity contribution in [3.05, 3.63) is 0 Å². The van der Waals surface area contributed by atoms with Gasteiger partial charge in [-0.15, -0.1) is 0 Å². The minimum atomic E-state index is -2.83. The fourth-order valence-electron chi connectivity index (χ4n) is 1.22. The van der Waals surface area contributed by atoms with E-state index in [1.165, 1.54) is 12.7 Å². The normalized spacial score (nSPS) is 12.6. The van der Waals surface area contributed by atoms with Crippen molar-refractivity contribution in [1.82, 2.24) is 10.2 Å². The third-order valence-corrected chi connectivity index (χ3v) is 3.34. The van der Waals surface area contributed by atoms with Gasteiger partial charge in [0, 0.05) is 25.9 Å². The molecule has 0 atom stereocenters. The van der Waals surface area contributed by atoms with Crippen molar-refractivity contribution in [3.63, 3.8) is 0 Å². The van der Waals surface area contributed by atoms with E-state index < -0.39 is 9.84 Å². The molecule has 0 aliphatic heterocycles. The van der Waals surface area contributed by atoms with Crippen LogP contribution in [-0.2, 0) is 9.84 Å². The van der Waals surface area contributed by atoms with Crippen molar-refractivity contribution in [2.45, 2.75) is 20.3 Å². The van der Waals surface area contributed by atoms with Crippen molar-refractivity contribution in [2.24, 2.45) is 5.92 Å². The number of hydrogen-bond acceptors (Lipinski definition) is 4. The van der Waals surface area contributed by atoms with Gasteiger partial charge in [0.05, 0.1) is 5.75 Å². The lowest BCUT2D eigenvalue weighted by Gasteiger charge is -2.16. The molecule has 1 N–H and O–H groups in total. The highest BCUT2D eigenvalue weighted by Gasteiger charge is 2.04. The molecular weight excluding hydrogens is 224 g/mol. The molecule has 0 amide bonds. The average molecular weight is 250 g/mol. The standard InChI is InChI=1S/C11H26N2O2S/c1-11(2)5-6-12-7-8-13(3)9-10-16(4,14)15/h11-12H,5-10H2,1-4H3. The first-order valence-corrected chi connectivity index (χ1v) is 7.94. The van der Waals surface area contributed by atoms with E-state index in [1.807, 2.05) is 11.9 Å². The highest BCUT2D eigenvalue weighted by atomic mass is 32.2. The number of likely N-dealkylation sites (N-methyl/N-ethyl adjacent to an activating group) is 1. The lowest BCUT2D eigenvalue weighted by molar-refractivity contribution is 0.347. The number of rotatable bonds is 9. The van der Waals surface area contributed by atoms with Crippen LogP contribution in [0.1, 0.15) is 20.3 Å². The zero-order valence-corrected chi connectivity index (χ0v) is 11.8. The maximum Gasteiger partial charge on any atom is 0.148 e. The van der Waals surface area contributed by atoms with Gasteiger partial charge in [-0.1, -0.05) is 13.8 Å². The zero-order valence-electron chi connectivity index (χ0n) is 11.0. The lowest BCUT2D eigenvalue weighted by atomic mass is 10.1. The first-order valence-electron chi connectivity index (χ1n) is 5.88. The van der Waals surface area contributed by atoms with Crippen molar-refractivity contribution in [3.8, 4) is 0 Å². The predicted octanol–water partition coefficient (Wildman–Crippen LogP) is 0.599. The zero-order chi connectivity index (χ0) is 12.6. The molecule has 0 saturated heterocycles. The summed E-state index contributed by atoms with van der Waals surface area (Å²) in [5.74, 6) is 0.977. The van der Waals surface area contributed by atoms with Gasteiger partial charge in [-0.25, -0.2) is 8.42 Å². The van der Waals surface area contributed by atoms with Crippen molar-refractivity contribution in [1.29, 1.82) is 0 Å². The van der Waals surface area contributed by atoms with E-state index in [1.54, 1.807) is 0 Å². The van der Waals surface area contributed by atoms with Crippen LogP contribution in [0.4, 0.5) is 0 Å². The molecule has 0 bridgehead atoms. The van der Waals surface area contributed by atoms with Crippen LogP contribution in [0, 0.1) is 5.92 Å². The number of nitrogens with zero attached hydrogens (tertiary/aromatic N) is 1. The molecular formula is C11H26N2O2S. The molecule has 0 radical (unpaired) electrons. The molecule has 0 unspecified atom stereocenters. The fourth-order valence-corrected chi connectivity index (χ4v) is 1.86. The van der Waals surface area contributed by atoms with Crippen LogP contribution in [0.2, 0.25) is 0 Å². The maximum atomic E-state index is 10.9. The van der Waals surface area contributed by atoms with Gasteiger partial charge in [0.1, 0.15) is 9.84 Å². The van der Waals surface area contributed by atoms with Crippen molar-refractivity contribution < 1.29 is 8.42 Å². The van der Waals surface area contributed by atoms with Crippen LogP contribution in [-0.4, -0.2) is 58.6 Å². The Kier molecular flexibility index (Phi) is 7.97. The summed E-state index contributed by atoms with van der Waals surface area (Å²) in [5, 5.41) is 3.35. The second-order valence-electron chi connectivity index (χ2n) is 4.87. The second kappa shape index (κ2) is 8.03. The molecule has 4 nitrogen and oxygen atoms in total. The molecule has 0 aromatic carbocycles. The minimum absolute atomic E-state index is 0.246. The first kappa shape index (κ1) is 15.9. The third kappa shape index (κ3) is 11.9. The first-order chi connectivity index (χ1) is 7.31. The number of sulfone groups is 1. The van der Waals surface area contributed by atoms with E-state index >= 15 is 0 Å². The Balaban J connectivity index is 3.41. The summed E-state index contributed by atoms with van der Waals surface area (Å²) in [6.45, 7) is 7.89. The van der Waals surface area contributed by atoms with E-state index in [2.05, 4.69) is 19.2 Å². The van der Waals surface area contributed by atoms with Crippen LogP contribution in [0.5, 0.6) is 0 Å². The third-order valence-electron chi connectivity index (χ3n) is 2.41. The van der Waals surface area contributed by atoms with Crippen LogP contribution in [0.15, 0.2) is 0 Å². The Bertz CT molecular complexity index is 263. The van der Waals surface area contributed by atoms with Crippen LogP contribution in [0.3, 0.4) is 0 Å². The van der Waals surface area contributed by atoms with Gasteiger partial charge in [-0.3, -0.25) is 0 Å². The molecule has 0 saturated carbocycles. The molecule has 0 fully saturated rings. The number of nitrogens with one attached hydrogen (secondary N) is 1. The van der Waals surface area contributed by atoms with Crippen molar-refractivity contribution in [2.75, 3.05) is 45.2 Å². The molecule has 98 valence electrons. The summed E-state index contributed by atoms with van der Waals surface area (Å²) in [4.78, 5) is 2.05. The highest BCUT2D eigenvalue weighted by molar-refractivity contribution is 7.90. The van der Waals surface area contributed by atoms with Crippen molar-refractivity contribution >= 4 is 9.84 Å². The van der Waals surface area contributed by atoms with Gasteiger partial charge in [0.25, 0.3) is 0 Å². The van der Waals surface area contributed by atoms with Gasteiger partial charge in [0.2, 0.25) is 0 Å². The summed E-state index contributed by atoms with van der Waals surface area (Å²) in [5.41, 5.74) is 0. The monoisotopic (exact) mass is 250 g/mol. The van der Waals surface area contributed by atoms with E-state index in [-0.39, 0.29) is 5.75 Å². The largest absolute Gasteiger partial charge is 0.315 e. The average Bonchev–Trinajstić information content (AvgIpc) is 2.12. The summed E-state index contributed by atoms with van der Waals surface area (Å²) in [6, 6.07) is 0. The topological polar surface area (TPSA) is 49.4 Å². The second-order valence-corrected chi connectivity index (χ2v) is 7.13. The molecule has 0 aliphatic rings. The van der Waals surface area contributed by atoms with E-state index in [4.69, 9.17) is 0 Å². The predicted molar refractivity (Wildman–Crippen MR) is 69.5 cm³/mol. The summed E-state index contributed by atoms with van der Waals surface area (Å²) in [6.07, 6.45) is 2.47. The Labute approximate surface area is 100 Å². The van der Waals surface area contributed by atoms with Gasteiger partial charge >= 0.3 is 0 Å². The summed E-state index contributed by atoms with van der Waals surface area (Å²) < 4.78 is 21.9. The fraction of sp³-hybridized carbons (Fsp3) is 1.00. The molecule has 0 rings (SSSR count). The number of hydrogen-bond donors (Lipinski definition) is 1. The molecule has 16 heavy (non-hydrogen) atoms. The molecule has 0 spiro atoms. The maximum absolute atomic E-state index is 10.9. The molecule has 5 heteroatoms. The van der Waals surface area contributed by atoms with E-state index in [0.717, 1.165) is 25.6 Å². The molecule has 0 aromatic heterocycles. The van der Waals surface area contributed by atoms with E-state index in [9.17, 15) is 8.42 Å². The Morgan fingerprint density at radius 3 is 2.31 bits per heavy atom. The quantitative estimate of drug-likeness (QED) is 0.609. The van der Waals surface area contributed by atoms with Gasteiger partial charge in [-0.2, -0.15) is 0 Å². The highest BCUT2D eigenvalue weighted by Crippen LogP contribution is 1.95. The summed E-state index contributed by atoms with van der Waals surface area (Å²) in [7, 11) is -0.874. The lowest BCUT2D eigenvalue weighted by Crippen LogP contribution is -2.33. The van der Waals surface area contributed by atoms with E-state index in [0.29, 0.717) is 6.54 Å². The van der Waals surface area contributed by atoms with Crippen LogP contribution < -0.4 is 5.32 Å². The Morgan fingerprint density at radius 2 is 1.81 bits per heavy atom. The van der Waals surface area contributed by atoms with Crippen LogP contribution in [0.25, 0.3) is 0 Å². The molecule has 0 heterocycles. The van der Waals surface area contributed by atoms with Gasteiger partial charge in [-0.05, 0) is 25.9 Å². The smallest absolute Gasteiger partial charge is 0.148 e. The molecule has 0 aliphatic carbocycles. The Morgan fingerprint density at radius 1 is 1.19 bits per heavy atom. The summed E-state index contributed by atoms with van der Waals surface area (Å²) >= 11 is 0. The van der Waals surface area contributed by atoms with Crippen LogP contribution >= 0.6 is 0 Å². The van der Waals surface area contributed by atoms with Gasteiger partial charge < -0.3 is 10.2 Å². The molecule has 0 aromatic rings. The minimum Gasteiger partial charge on any atom is -0.315 e. The van der Waals surface area contributed by atoms with Gasteiger partial charge in [0.15, 0.2) is 0 Å².